The number of carboxylic acids is 1. The molecule has 0 heterocycles. The normalized spacial score (nSPS) is 9.94. The number of non-ortho nitro benzene ring substituents is 1. The number of carbonyl (C=O) groups is 1. The second-order valence-corrected chi connectivity index (χ2v) is 3.22. The van der Waals surface area contributed by atoms with Crippen molar-refractivity contribution in [1.29, 1.82) is 0 Å². The molecule has 1 aromatic rings. The van der Waals surface area contributed by atoms with Crippen molar-refractivity contribution in [2.45, 2.75) is 12.8 Å². The predicted molar refractivity (Wildman–Crippen MR) is 55.4 cm³/mol. The molecule has 0 unspecified atom stereocenters. The molecule has 0 aliphatic carbocycles. The van der Waals surface area contributed by atoms with E-state index in [-0.39, 0.29) is 30.9 Å². The first-order valence-electron chi connectivity index (χ1n) is 4.79. The van der Waals surface area contributed by atoms with Gasteiger partial charge in [0.1, 0.15) is 0 Å². The first-order chi connectivity index (χ1) is 8.00. The van der Waals surface area contributed by atoms with Crippen LogP contribution in [0.25, 0.3) is 0 Å². The highest BCUT2D eigenvalue weighted by Crippen LogP contribution is 2.22. The maximum Gasteiger partial charge on any atom is 0.303 e. The topological polar surface area (TPSA) is 89.7 Å². The lowest BCUT2D eigenvalue weighted by molar-refractivity contribution is -0.385. The third-order valence-corrected chi connectivity index (χ3v) is 1.92. The van der Waals surface area contributed by atoms with Crippen LogP contribution in [0.15, 0.2) is 18.2 Å². The smallest absolute Gasteiger partial charge is 0.303 e. The Bertz CT molecular complexity index is 435. The fraction of sp³-hybridized carbons (Fsp3) is 0.300. The van der Waals surface area contributed by atoms with E-state index in [0.29, 0.717) is 0 Å². The molecule has 92 valence electrons. The van der Waals surface area contributed by atoms with Gasteiger partial charge in [0.2, 0.25) is 0 Å². The summed E-state index contributed by atoms with van der Waals surface area (Å²) in [4.78, 5) is 19.8. The molecule has 6 nitrogen and oxygen atoms in total. The van der Waals surface area contributed by atoms with E-state index < -0.39 is 16.7 Å². The molecular weight excluding hydrogens is 233 g/mol. The minimum absolute atomic E-state index is 0.0427. The molecule has 7 heteroatoms. The molecular formula is C10H10FNO5. The van der Waals surface area contributed by atoms with E-state index >= 15 is 0 Å². The van der Waals surface area contributed by atoms with E-state index in [1.54, 1.807) is 0 Å². The quantitative estimate of drug-likeness (QED) is 0.468. The van der Waals surface area contributed by atoms with Crippen LogP contribution in [0.5, 0.6) is 5.75 Å². The second kappa shape index (κ2) is 5.78. The maximum absolute atomic E-state index is 13.3. The van der Waals surface area contributed by atoms with Gasteiger partial charge in [-0.1, -0.05) is 0 Å². The van der Waals surface area contributed by atoms with Crippen LogP contribution in [0.1, 0.15) is 12.8 Å². The summed E-state index contributed by atoms with van der Waals surface area (Å²) in [5.41, 5.74) is -0.361. The molecule has 0 aromatic heterocycles. The number of ether oxygens (including phenoxy) is 1. The van der Waals surface area contributed by atoms with Gasteiger partial charge < -0.3 is 9.84 Å². The molecule has 0 saturated carbocycles. The Morgan fingerprint density at radius 2 is 2.24 bits per heavy atom. The molecule has 0 aliphatic heterocycles. The van der Waals surface area contributed by atoms with Crippen LogP contribution in [0.3, 0.4) is 0 Å². The first-order valence-corrected chi connectivity index (χ1v) is 4.79. The van der Waals surface area contributed by atoms with Gasteiger partial charge in [0, 0.05) is 12.5 Å². The van der Waals surface area contributed by atoms with Crippen molar-refractivity contribution >= 4 is 11.7 Å². The van der Waals surface area contributed by atoms with Gasteiger partial charge >= 0.3 is 5.97 Å². The summed E-state index contributed by atoms with van der Waals surface area (Å²) in [6.07, 6.45) is 0.167. The standard InChI is InChI=1S/C10H10FNO5/c11-8-6-7(12(15)16)3-4-9(8)17-5-1-2-10(13)14/h3-4,6H,1-2,5H2,(H,13,14). The number of nitrogens with zero attached hydrogens (tertiary/aromatic N) is 1. The van der Waals surface area contributed by atoms with E-state index in [9.17, 15) is 19.3 Å². The third-order valence-electron chi connectivity index (χ3n) is 1.92. The van der Waals surface area contributed by atoms with Crippen LogP contribution in [0.2, 0.25) is 0 Å². The Balaban J connectivity index is 2.54. The van der Waals surface area contributed by atoms with Crippen molar-refractivity contribution in [1.82, 2.24) is 0 Å². The highest BCUT2D eigenvalue weighted by Gasteiger charge is 2.11. The summed E-state index contributed by atoms with van der Waals surface area (Å²) >= 11 is 0. The number of halogens is 1. The summed E-state index contributed by atoms with van der Waals surface area (Å²) in [6.45, 7) is 0.0427. The number of carboxylic acid groups (broad SMARTS) is 1. The Morgan fingerprint density at radius 3 is 2.76 bits per heavy atom. The molecule has 17 heavy (non-hydrogen) atoms. The summed E-state index contributed by atoms with van der Waals surface area (Å²) in [6, 6.07) is 3.02. The van der Waals surface area contributed by atoms with E-state index in [2.05, 4.69) is 0 Å². The molecule has 0 aliphatic rings. The van der Waals surface area contributed by atoms with Gasteiger partial charge in [-0.3, -0.25) is 14.9 Å². The Kier molecular flexibility index (Phi) is 4.38. The Labute approximate surface area is 95.8 Å². The van der Waals surface area contributed by atoms with Crippen molar-refractivity contribution in [3.8, 4) is 5.75 Å². The van der Waals surface area contributed by atoms with Crippen LogP contribution in [0, 0.1) is 15.9 Å². The van der Waals surface area contributed by atoms with Crippen molar-refractivity contribution < 1.29 is 24.0 Å². The van der Waals surface area contributed by atoms with Crippen molar-refractivity contribution in [2.24, 2.45) is 0 Å². The SMILES string of the molecule is O=C(O)CCCOc1ccc([N+](=O)[O-])cc1F. The fourth-order valence-corrected chi connectivity index (χ4v) is 1.13. The summed E-state index contributed by atoms with van der Waals surface area (Å²) in [5, 5.41) is 18.7. The zero-order chi connectivity index (χ0) is 12.8. The summed E-state index contributed by atoms with van der Waals surface area (Å²) in [7, 11) is 0. The lowest BCUT2D eigenvalue weighted by Gasteiger charge is -2.05. The first kappa shape index (κ1) is 12.9. The van der Waals surface area contributed by atoms with E-state index in [1.807, 2.05) is 0 Å². The number of nitro benzene ring substituents is 1. The molecule has 0 bridgehead atoms. The van der Waals surface area contributed by atoms with Gasteiger partial charge in [0.25, 0.3) is 5.69 Å². The molecule has 1 rings (SSSR count). The minimum atomic E-state index is -0.960. The molecule has 1 N–H and O–H groups in total. The van der Waals surface area contributed by atoms with Gasteiger partial charge in [0.15, 0.2) is 11.6 Å². The lowest BCUT2D eigenvalue weighted by Crippen LogP contribution is -2.03. The van der Waals surface area contributed by atoms with Crippen LogP contribution in [-0.4, -0.2) is 22.6 Å². The third kappa shape index (κ3) is 4.06. The lowest BCUT2D eigenvalue weighted by atomic mass is 10.3. The van der Waals surface area contributed by atoms with E-state index in [4.69, 9.17) is 9.84 Å². The molecule has 0 atom stereocenters. The van der Waals surface area contributed by atoms with Crippen LogP contribution >= 0.6 is 0 Å². The van der Waals surface area contributed by atoms with Gasteiger partial charge in [0.05, 0.1) is 17.6 Å². The number of rotatable bonds is 6. The van der Waals surface area contributed by atoms with Crippen LogP contribution in [0.4, 0.5) is 10.1 Å². The number of benzene rings is 1. The van der Waals surface area contributed by atoms with Crippen molar-refractivity contribution in [3.05, 3.63) is 34.1 Å². The van der Waals surface area contributed by atoms with Gasteiger partial charge in [-0.25, -0.2) is 4.39 Å². The molecule has 0 saturated heterocycles. The Morgan fingerprint density at radius 1 is 1.53 bits per heavy atom. The summed E-state index contributed by atoms with van der Waals surface area (Å²) in [5.74, 6) is -1.92. The Hall–Kier alpha value is -2.18. The molecule has 0 spiro atoms. The second-order valence-electron chi connectivity index (χ2n) is 3.22. The molecule has 0 amide bonds. The van der Waals surface area contributed by atoms with Gasteiger partial charge in [-0.2, -0.15) is 0 Å². The predicted octanol–water partition coefficient (Wildman–Crippen LogP) is 1.98. The van der Waals surface area contributed by atoms with Crippen molar-refractivity contribution in [2.75, 3.05) is 6.61 Å². The highest BCUT2D eigenvalue weighted by molar-refractivity contribution is 5.66. The van der Waals surface area contributed by atoms with Crippen LogP contribution in [-0.2, 0) is 4.79 Å². The summed E-state index contributed by atoms with van der Waals surface area (Å²) < 4.78 is 18.2. The number of hydrogen-bond acceptors (Lipinski definition) is 4. The number of nitro groups is 1. The van der Waals surface area contributed by atoms with E-state index in [1.165, 1.54) is 0 Å². The maximum atomic E-state index is 13.3. The van der Waals surface area contributed by atoms with Gasteiger partial charge in [-0.15, -0.1) is 0 Å². The zero-order valence-corrected chi connectivity index (χ0v) is 8.76. The monoisotopic (exact) mass is 243 g/mol. The molecule has 0 fully saturated rings. The minimum Gasteiger partial charge on any atom is -0.490 e. The number of aliphatic carboxylic acids is 1. The van der Waals surface area contributed by atoms with Gasteiger partial charge in [-0.05, 0) is 12.5 Å². The zero-order valence-electron chi connectivity index (χ0n) is 8.76. The van der Waals surface area contributed by atoms with Crippen LogP contribution < -0.4 is 4.74 Å². The largest absolute Gasteiger partial charge is 0.490 e. The van der Waals surface area contributed by atoms with Crippen molar-refractivity contribution in [3.63, 3.8) is 0 Å². The average molecular weight is 243 g/mol. The van der Waals surface area contributed by atoms with E-state index in [0.717, 1.165) is 18.2 Å². The average Bonchev–Trinajstić information content (AvgIpc) is 2.25. The number of hydrogen-bond donors (Lipinski definition) is 1. The molecule has 1 aromatic carbocycles. The molecule has 0 radical (unpaired) electrons. The highest BCUT2D eigenvalue weighted by atomic mass is 19.1. The fourth-order valence-electron chi connectivity index (χ4n) is 1.13.